The number of nitrogens with one attached hydrogen (secondary N) is 2. The number of nitrogens with zero attached hydrogens (tertiary/aromatic N) is 1. The van der Waals surface area contributed by atoms with Crippen LogP contribution in [0.15, 0.2) is 15.5 Å². The molecule has 1 amide bonds. The van der Waals surface area contributed by atoms with Crippen molar-refractivity contribution in [1.29, 1.82) is 0 Å². The molecule has 20 heavy (non-hydrogen) atoms. The molecule has 2 heterocycles. The zero-order valence-electron chi connectivity index (χ0n) is 10.9. The highest BCUT2D eigenvalue weighted by Gasteiger charge is 2.25. The molecule has 0 bridgehead atoms. The lowest BCUT2D eigenvalue weighted by atomic mass is 10.1. The summed E-state index contributed by atoms with van der Waals surface area (Å²) in [7, 11) is 0. The molecule has 0 aromatic carbocycles. The SMILES string of the molecule is CC[C@H](NC(=O)c1c(C)oc2nc[nH]c(=O)c12)C(=O)O. The third kappa shape index (κ3) is 2.27. The molecule has 0 spiro atoms. The van der Waals surface area contributed by atoms with E-state index in [0.29, 0.717) is 0 Å². The summed E-state index contributed by atoms with van der Waals surface area (Å²) < 4.78 is 5.24. The number of hydrogen-bond donors (Lipinski definition) is 3. The molecule has 2 aromatic heterocycles. The van der Waals surface area contributed by atoms with Crippen LogP contribution in [-0.4, -0.2) is 33.0 Å². The Morgan fingerprint density at radius 1 is 1.55 bits per heavy atom. The number of amides is 1. The molecular formula is C12H13N3O5. The lowest BCUT2D eigenvalue weighted by Crippen LogP contribution is -2.40. The van der Waals surface area contributed by atoms with Gasteiger partial charge in [0.25, 0.3) is 11.5 Å². The van der Waals surface area contributed by atoms with Gasteiger partial charge in [-0.2, -0.15) is 0 Å². The third-order valence-electron chi connectivity index (χ3n) is 2.91. The van der Waals surface area contributed by atoms with Crippen molar-refractivity contribution in [2.45, 2.75) is 26.3 Å². The summed E-state index contributed by atoms with van der Waals surface area (Å²) >= 11 is 0. The second-order valence-electron chi connectivity index (χ2n) is 4.22. The van der Waals surface area contributed by atoms with Crippen LogP contribution in [0.2, 0.25) is 0 Å². The molecule has 0 saturated carbocycles. The van der Waals surface area contributed by atoms with Crippen molar-refractivity contribution in [3.63, 3.8) is 0 Å². The summed E-state index contributed by atoms with van der Waals surface area (Å²) in [5, 5.41) is 11.3. The average molecular weight is 279 g/mol. The molecule has 0 unspecified atom stereocenters. The number of aliphatic carboxylic acids is 1. The summed E-state index contributed by atoms with van der Waals surface area (Å²) in [5.41, 5.74) is -0.464. The fourth-order valence-corrected chi connectivity index (χ4v) is 1.90. The van der Waals surface area contributed by atoms with E-state index in [4.69, 9.17) is 9.52 Å². The minimum absolute atomic E-state index is 0.00838. The number of carbonyl (C=O) groups excluding carboxylic acids is 1. The van der Waals surface area contributed by atoms with E-state index in [2.05, 4.69) is 15.3 Å². The van der Waals surface area contributed by atoms with Gasteiger partial charge in [-0.05, 0) is 13.3 Å². The molecular weight excluding hydrogens is 266 g/mol. The van der Waals surface area contributed by atoms with Crippen LogP contribution >= 0.6 is 0 Å². The Balaban J connectivity index is 2.47. The number of H-pyrrole nitrogens is 1. The number of hydrogen-bond acceptors (Lipinski definition) is 5. The Morgan fingerprint density at radius 3 is 2.85 bits per heavy atom. The van der Waals surface area contributed by atoms with Crippen LogP contribution in [0, 0.1) is 6.92 Å². The molecule has 0 aliphatic rings. The first kappa shape index (κ1) is 13.8. The molecule has 2 aromatic rings. The maximum atomic E-state index is 12.2. The summed E-state index contributed by atoms with van der Waals surface area (Å²) in [4.78, 5) is 41.0. The smallest absolute Gasteiger partial charge is 0.326 e. The Labute approximate surface area is 112 Å². The number of furan rings is 1. The largest absolute Gasteiger partial charge is 0.480 e. The van der Waals surface area contributed by atoms with Crippen LogP contribution in [0.3, 0.4) is 0 Å². The predicted octanol–water partition coefficient (Wildman–Crippen LogP) is 0.418. The number of rotatable bonds is 4. The van der Waals surface area contributed by atoms with Gasteiger partial charge in [-0.15, -0.1) is 0 Å². The minimum atomic E-state index is -1.14. The number of carbonyl (C=O) groups is 2. The Morgan fingerprint density at radius 2 is 2.25 bits per heavy atom. The highest BCUT2D eigenvalue weighted by Crippen LogP contribution is 2.20. The zero-order chi connectivity index (χ0) is 14.9. The van der Waals surface area contributed by atoms with Crippen LogP contribution in [0.4, 0.5) is 0 Å². The fraction of sp³-hybridized carbons (Fsp3) is 0.333. The van der Waals surface area contributed by atoms with Gasteiger partial charge in [-0.25, -0.2) is 9.78 Å². The first-order chi connectivity index (χ1) is 9.45. The molecule has 1 atom stereocenters. The van der Waals surface area contributed by atoms with E-state index in [1.165, 1.54) is 13.3 Å². The summed E-state index contributed by atoms with van der Waals surface area (Å²) in [5.74, 6) is -1.60. The normalized spacial score (nSPS) is 12.3. The van der Waals surface area contributed by atoms with Crippen LogP contribution in [0.5, 0.6) is 0 Å². The molecule has 0 aliphatic heterocycles. The van der Waals surface area contributed by atoms with Crippen LogP contribution in [0.1, 0.15) is 29.5 Å². The highest BCUT2D eigenvalue weighted by molar-refractivity contribution is 6.07. The van der Waals surface area contributed by atoms with Crippen LogP contribution in [-0.2, 0) is 4.79 Å². The molecule has 8 nitrogen and oxygen atoms in total. The zero-order valence-corrected chi connectivity index (χ0v) is 10.9. The maximum Gasteiger partial charge on any atom is 0.326 e. The number of aromatic nitrogens is 2. The van der Waals surface area contributed by atoms with E-state index >= 15 is 0 Å². The minimum Gasteiger partial charge on any atom is -0.480 e. The number of aryl methyl sites for hydroxylation is 1. The van der Waals surface area contributed by atoms with Crippen molar-refractivity contribution in [2.24, 2.45) is 0 Å². The van der Waals surface area contributed by atoms with Crippen molar-refractivity contribution in [3.05, 3.63) is 28.0 Å². The van der Waals surface area contributed by atoms with E-state index in [1.807, 2.05) is 0 Å². The first-order valence-corrected chi connectivity index (χ1v) is 5.96. The average Bonchev–Trinajstić information content (AvgIpc) is 2.73. The maximum absolute atomic E-state index is 12.2. The van der Waals surface area contributed by atoms with E-state index < -0.39 is 23.5 Å². The van der Waals surface area contributed by atoms with Gasteiger partial charge < -0.3 is 19.8 Å². The van der Waals surface area contributed by atoms with Crippen molar-refractivity contribution in [1.82, 2.24) is 15.3 Å². The number of carboxylic acid groups (broad SMARTS) is 1. The van der Waals surface area contributed by atoms with E-state index in [-0.39, 0.29) is 28.8 Å². The summed E-state index contributed by atoms with van der Waals surface area (Å²) in [6.07, 6.45) is 1.39. The number of fused-ring (bicyclic) bond motifs is 1. The van der Waals surface area contributed by atoms with Gasteiger partial charge >= 0.3 is 5.97 Å². The molecule has 0 saturated heterocycles. The van der Waals surface area contributed by atoms with Gasteiger partial charge in [0.15, 0.2) is 0 Å². The Hall–Kier alpha value is -2.64. The van der Waals surface area contributed by atoms with Gasteiger partial charge in [-0.1, -0.05) is 6.92 Å². The van der Waals surface area contributed by atoms with Gasteiger partial charge in [0.2, 0.25) is 5.71 Å². The molecule has 0 radical (unpaired) electrons. The van der Waals surface area contributed by atoms with E-state index in [1.54, 1.807) is 6.92 Å². The van der Waals surface area contributed by atoms with Gasteiger partial charge in [0, 0.05) is 0 Å². The predicted molar refractivity (Wildman–Crippen MR) is 68.5 cm³/mol. The van der Waals surface area contributed by atoms with Crippen molar-refractivity contribution in [2.75, 3.05) is 0 Å². The van der Waals surface area contributed by atoms with Crippen molar-refractivity contribution in [3.8, 4) is 0 Å². The van der Waals surface area contributed by atoms with E-state index in [0.717, 1.165) is 0 Å². The monoisotopic (exact) mass is 279 g/mol. The fourth-order valence-electron chi connectivity index (χ4n) is 1.90. The second kappa shape index (κ2) is 5.16. The lowest BCUT2D eigenvalue weighted by Gasteiger charge is -2.11. The molecule has 8 heteroatoms. The van der Waals surface area contributed by atoms with Crippen LogP contribution < -0.4 is 10.9 Å². The van der Waals surface area contributed by atoms with Gasteiger partial charge in [0.05, 0.1) is 11.9 Å². The number of aromatic amines is 1. The summed E-state index contributed by atoms with van der Waals surface area (Å²) in [6, 6.07) is -1.03. The molecule has 106 valence electrons. The standard InChI is InChI=1S/C12H13N3O5/c1-3-6(12(18)19)15-10(17)7-5(2)20-11-8(7)9(16)13-4-14-11/h4,6H,3H2,1-2H3,(H,15,17)(H,18,19)(H,13,14,16)/t6-/m0/s1. The van der Waals surface area contributed by atoms with Gasteiger partial charge in [-0.3, -0.25) is 9.59 Å². The Kier molecular flexibility index (Phi) is 3.55. The molecule has 0 fully saturated rings. The van der Waals surface area contributed by atoms with Crippen LogP contribution in [0.25, 0.3) is 11.1 Å². The molecule has 2 rings (SSSR count). The topological polar surface area (TPSA) is 125 Å². The molecule has 0 aliphatic carbocycles. The molecule has 3 N–H and O–H groups in total. The Bertz CT molecular complexity index is 730. The third-order valence-corrected chi connectivity index (χ3v) is 2.91. The van der Waals surface area contributed by atoms with Crippen molar-refractivity contribution < 1.29 is 19.1 Å². The van der Waals surface area contributed by atoms with E-state index in [9.17, 15) is 14.4 Å². The second-order valence-corrected chi connectivity index (χ2v) is 4.22. The van der Waals surface area contributed by atoms with Gasteiger partial charge in [0.1, 0.15) is 17.2 Å². The first-order valence-electron chi connectivity index (χ1n) is 5.96. The highest BCUT2D eigenvalue weighted by atomic mass is 16.4. The number of carboxylic acids is 1. The summed E-state index contributed by atoms with van der Waals surface area (Å²) in [6.45, 7) is 3.14. The van der Waals surface area contributed by atoms with Crippen molar-refractivity contribution >= 4 is 23.0 Å². The lowest BCUT2D eigenvalue weighted by molar-refractivity contribution is -0.139. The quantitative estimate of drug-likeness (QED) is 0.744.